The minimum absolute atomic E-state index is 0.503. The molecule has 118 valence electrons. The summed E-state index contributed by atoms with van der Waals surface area (Å²) in [6, 6.07) is 0.804. The quantitative estimate of drug-likeness (QED) is 0.840. The Balaban J connectivity index is 1.57. The van der Waals surface area contributed by atoms with E-state index in [9.17, 15) is 0 Å². The normalized spacial score (nSPS) is 30.6. The first-order chi connectivity index (χ1) is 9.45. The largest absolute Gasteiger partial charge is 0.313 e. The summed E-state index contributed by atoms with van der Waals surface area (Å²) in [5.74, 6) is 1.89. The predicted molar refractivity (Wildman–Crippen MR) is 88.0 cm³/mol. The molecule has 0 bridgehead atoms. The van der Waals surface area contributed by atoms with Gasteiger partial charge in [0.1, 0.15) is 0 Å². The van der Waals surface area contributed by atoms with Crippen LogP contribution in [-0.4, -0.2) is 37.1 Å². The van der Waals surface area contributed by atoms with Gasteiger partial charge < -0.3 is 10.2 Å². The van der Waals surface area contributed by atoms with Gasteiger partial charge in [-0.1, -0.05) is 27.7 Å². The monoisotopic (exact) mass is 280 g/mol. The van der Waals surface area contributed by atoms with Gasteiger partial charge in [-0.15, -0.1) is 0 Å². The molecule has 2 heteroatoms. The maximum Gasteiger partial charge on any atom is 0.0107 e. The maximum absolute atomic E-state index is 3.79. The average Bonchev–Trinajstić information content (AvgIpc) is 2.41. The molecule has 0 radical (unpaired) electrons. The van der Waals surface area contributed by atoms with Crippen molar-refractivity contribution in [3.8, 4) is 0 Å². The third-order valence-corrected chi connectivity index (χ3v) is 5.69. The summed E-state index contributed by atoms with van der Waals surface area (Å²) < 4.78 is 0. The fourth-order valence-electron chi connectivity index (χ4n) is 3.91. The summed E-state index contributed by atoms with van der Waals surface area (Å²) in [5, 5.41) is 3.79. The van der Waals surface area contributed by atoms with Crippen molar-refractivity contribution in [3.05, 3.63) is 0 Å². The smallest absolute Gasteiger partial charge is 0.0107 e. The SMILES string of the molecule is CC1CCC(NCCN2CCC(C(C)(C)C)CC2)CC1. The van der Waals surface area contributed by atoms with Crippen molar-refractivity contribution in [2.24, 2.45) is 17.3 Å². The van der Waals surface area contributed by atoms with E-state index in [0.717, 1.165) is 17.9 Å². The van der Waals surface area contributed by atoms with E-state index >= 15 is 0 Å². The molecule has 0 atom stereocenters. The van der Waals surface area contributed by atoms with Gasteiger partial charge >= 0.3 is 0 Å². The summed E-state index contributed by atoms with van der Waals surface area (Å²) in [6.07, 6.45) is 8.43. The molecule has 1 aliphatic carbocycles. The minimum atomic E-state index is 0.503. The van der Waals surface area contributed by atoms with Crippen LogP contribution in [-0.2, 0) is 0 Å². The molecule has 1 aliphatic heterocycles. The van der Waals surface area contributed by atoms with Crippen LogP contribution in [0, 0.1) is 17.3 Å². The number of rotatable bonds is 4. The second kappa shape index (κ2) is 7.26. The van der Waals surface area contributed by atoms with E-state index in [4.69, 9.17) is 0 Å². The number of nitrogens with one attached hydrogen (secondary N) is 1. The average molecular weight is 280 g/mol. The number of hydrogen-bond acceptors (Lipinski definition) is 2. The van der Waals surface area contributed by atoms with Gasteiger partial charge in [-0.3, -0.25) is 0 Å². The zero-order valence-electron chi connectivity index (χ0n) is 14.3. The molecule has 0 unspecified atom stereocenters. The highest BCUT2D eigenvalue weighted by atomic mass is 15.1. The lowest BCUT2D eigenvalue weighted by atomic mass is 9.75. The Morgan fingerprint density at radius 1 is 0.950 bits per heavy atom. The highest BCUT2D eigenvalue weighted by Gasteiger charge is 2.28. The van der Waals surface area contributed by atoms with Crippen LogP contribution in [0.5, 0.6) is 0 Å². The third-order valence-electron chi connectivity index (χ3n) is 5.69. The van der Waals surface area contributed by atoms with E-state index in [-0.39, 0.29) is 0 Å². The lowest BCUT2D eigenvalue weighted by Gasteiger charge is -2.39. The Bertz CT molecular complexity index is 266. The molecule has 1 saturated carbocycles. The lowest BCUT2D eigenvalue weighted by molar-refractivity contribution is 0.112. The fourth-order valence-corrected chi connectivity index (χ4v) is 3.91. The zero-order chi connectivity index (χ0) is 14.6. The van der Waals surface area contributed by atoms with Crippen molar-refractivity contribution in [1.29, 1.82) is 0 Å². The molecule has 1 saturated heterocycles. The van der Waals surface area contributed by atoms with Crippen molar-refractivity contribution in [2.75, 3.05) is 26.2 Å². The number of hydrogen-bond donors (Lipinski definition) is 1. The standard InChI is InChI=1S/C18H36N2/c1-15-5-7-17(8-6-15)19-11-14-20-12-9-16(10-13-20)18(2,3)4/h15-17,19H,5-14H2,1-4H3. The Morgan fingerprint density at radius 3 is 2.10 bits per heavy atom. The van der Waals surface area contributed by atoms with Gasteiger partial charge in [-0.25, -0.2) is 0 Å². The molecule has 0 amide bonds. The summed E-state index contributed by atoms with van der Waals surface area (Å²) in [5.41, 5.74) is 0.503. The number of nitrogens with zero attached hydrogens (tertiary/aromatic N) is 1. The van der Waals surface area contributed by atoms with Crippen molar-refractivity contribution < 1.29 is 0 Å². The minimum Gasteiger partial charge on any atom is -0.313 e. The Kier molecular flexibility index (Phi) is 5.92. The number of piperidine rings is 1. The van der Waals surface area contributed by atoms with E-state index in [2.05, 4.69) is 37.9 Å². The predicted octanol–water partition coefficient (Wildman–Crippen LogP) is 3.91. The van der Waals surface area contributed by atoms with Crippen LogP contribution in [0.3, 0.4) is 0 Å². The first kappa shape index (κ1) is 16.3. The summed E-state index contributed by atoms with van der Waals surface area (Å²) in [7, 11) is 0. The second-order valence-electron chi connectivity index (χ2n) is 8.39. The first-order valence-electron chi connectivity index (χ1n) is 8.91. The zero-order valence-corrected chi connectivity index (χ0v) is 14.3. The van der Waals surface area contributed by atoms with E-state index in [1.807, 2.05) is 0 Å². The van der Waals surface area contributed by atoms with Crippen molar-refractivity contribution in [3.63, 3.8) is 0 Å². The van der Waals surface area contributed by atoms with E-state index in [1.54, 1.807) is 0 Å². The fraction of sp³-hybridized carbons (Fsp3) is 1.00. The van der Waals surface area contributed by atoms with Crippen LogP contribution in [0.25, 0.3) is 0 Å². The Hall–Kier alpha value is -0.0800. The van der Waals surface area contributed by atoms with Crippen molar-refractivity contribution in [1.82, 2.24) is 10.2 Å². The van der Waals surface area contributed by atoms with Crippen LogP contribution >= 0.6 is 0 Å². The van der Waals surface area contributed by atoms with Gasteiger partial charge in [0, 0.05) is 19.1 Å². The lowest BCUT2D eigenvalue weighted by Crippen LogP contribution is -2.43. The highest BCUT2D eigenvalue weighted by Crippen LogP contribution is 2.34. The number of likely N-dealkylation sites (tertiary alicyclic amines) is 1. The molecule has 2 nitrogen and oxygen atoms in total. The third kappa shape index (κ3) is 5.04. The Labute approximate surface area is 126 Å². The van der Waals surface area contributed by atoms with Gasteiger partial charge in [0.2, 0.25) is 0 Å². The molecular formula is C18H36N2. The van der Waals surface area contributed by atoms with E-state index in [1.165, 1.54) is 64.7 Å². The van der Waals surface area contributed by atoms with Gasteiger partial charge in [-0.05, 0) is 68.9 Å². The summed E-state index contributed by atoms with van der Waals surface area (Å²) in [4.78, 5) is 2.67. The molecule has 0 aromatic rings. The van der Waals surface area contributed by atoms with Gasteiger partial charge in [0.15, 0.2) is 0 Å². The van der Waals surface area contributed by atoms with E-state index in [0.29, 0.717) is 5.41 Å². The molecule has 1 heterocycles. The van der Waals surface area contributed by atoms with Crippen LogP contribution in [0.15, 0.2) is 0 Å². The topological polar surface area (TPSA) is 15.3 Å². The molecule has 0 spiro atoms. The summed E-state index contributed by atoms with van der Waals surface area (Å²) in [6.45, 7) is 14.7. The van der Waals surface area contributed by atoms with Crippen LogP contribution in [0.4, 0.5) is 0 Å². The maximum atomic E-state index is 3.79. The molecule has 1 N–H and O–H groups in total. The Morgan fingerprint density at radius 2 is 1.55 bits per heavy atom. The van der Waals surface area contributed by atoms with Crippen LogP contribution in [0.2, 0.25) is 0 Å². The van der Waals surface area contributed by atoms with Crippen LogP contribution < -0.4 is 5.32 Å². The van der Waals surface area contributed by atoms with Gasteiger partial charge in [0.05, 0.1) is 0 Å². The van der Waals surface area contributed by atoms with Gasteiger partial charge in [0.25, 0.3) is 0 Å². The molecule has 20 heavy (non-hydrogen) atoms. The first-order valence-corrected chi connectivity index (χ1v) is 8.91. The van der Waals surface area contributed by atoms with Gasteiger partial charge in [-0.2, -0.15) is 0 Å². The van der Waals surface area contributed by atoms with Crippen molar-refractivity contribution in [2.45, 2.75) is 72.3 Å². The molecular weight excluding hydrogens is 244 g/mol. The molecule has 0 aromatic heterocycles. The van der Waals surface area contributed by atoms with Crippen molar-refractivity contribution >= 4 is 0 Å². The second-order valence-corrected chi connectivity index (χ2v) is 8.39. The molecule has 0 aromatic carbocycles. The van der Waals surface area contributed by atoms with Crippen LogP contribution in [0.1, 0.15) is 66.2 Å². The highest BCUT2D eigenvalue weighted by molar-refractivity contribution is 4.81. The molecule has 2 rings (SSSR count). The van der Waals surface area contributed by atoms with E-state index < -0.39 is 0 Å². The molecule has 2 aliphatic rings. The summed E-state index contributed by atoms with van der Waals surface area (Å²) >= 11 is 0. The molecule has 2 fully saturated rings.